The summed E-state index contributed by atoms with van der Waals surface area (Å²) >= 11 is 0. The maximum atomic E-state index is 11.7. The van der Waals surface area contributed by atoms with E-state index in [4.69, 9.17) is 9.47 Å². The molecule has 0 bridgehead atoms. The number of hydrogen-bond donors (Lipinski definition) is 0. The smallest absolute Gasteiger partial charge is 0.337 e. The van der Waals surface area contributed by atoms with Crippen molar-refractivity contribution in [3.63, 3.8) is 0 Å². The van der Waals surface area contributed by atoms with Crippen LogP contribution < -0.4 is 0 Å². The molecule has 7 heteroatoms. The number of methoxy groups -OCH3 is 1. The Kier molecular flexibility index (Phi) is 5.45. The highest BCUT2D eigenvalue weighted by atomic mass is 16.5. The minimum absolute atomic E-state index is 0.199. The van der Waals surface area contributed by atoms with Crippen molar-refractivity contribution in [1.82, 2.24) is 19.9 Å². The van der Waals surface area contributed by atoms with Crippen LogP contribution in [0.4, 0.5) is 0 Å². The van der Waals surface area contributed by atoms with Crippen LogP contribution in [0, 0.1) is 0 Å². The van der Waals surface area contributed by atoms with Crippen molar-refractivity contribution in [2.24, 2.45) is 0 Å². The van der Waals surface area contributed by atoms with Crippen LogP contribution in [0.15, 0.2) is 60.8 Å². The molecule has 1 fully saturated rings. The Morgan fingerprint density at radius 1 is 1.14 bits per heavy atom. The van der Waals surface area contributed by atoms with Gasteiger partial charge in [-0.25, -0.2) is 9.48 Å². The van der Waals surface area contributed by atoms with E-state index in [-0.39, 0.29) is 12.2 Å². The molecule has 0 N–H and O–H groups in total. The fraction of sp³-hybridized carbons (Fsp3) is 0.286. The van der Waals surface area contributed by atoms with Gasteiger partial charge in [0.1, 0.15) is 5.69 Å². The van der Waals surface area contributed by atoms with Crippen molar-refractivity contribution < 1.29 is 14.3 Å². The molecule has 1 aliphatic rings. The molecule has 0 aliphatic carbocycles. The third-order valence-corrected chi connectivity index (χ3v) is 4.72. The molecular formula is C21H22N4O3. The first-order valence-electron chi connectivity index (χ1n) is 9.20. The zero-order chi connectivity index (χ0) is 19.3. The van der Waals surface area contributed by atoms with Crippen LogP contribution in [-0.4, -0.2) is 46.1 Å². The summed E-state index contributed by atoms with van der Waals surface area (Å²) in [5.41, 5.74) is 3.50. The van der Waals surface area contributed by atoms with E-state index in [0.717, 1.165) is 24.3 Å². The zero-order valence-corrected chi connectivity index (χ0v) is 15.7. The Hall–Kier alpha value is -3.03. The SMILES string of the molecule is COC(=O)c1cccc(Cn2cc(C3OCCN3Cc3ccccc3)nn2)c1. The second-order valence-electron chi connectivity index (χ2n) is 6.71. The normalized spacial score (nSPS) is 17.0. The first-order chi connectivity index (χ1) is 13.7. The largest absolute Gasteiger partial charge is 0.465 e. The van der Waals surface area contributed by atoms with Gasteiger partial charge >= 0.3 is 5.97 Å². The van der Waals surface area contributed by atoms with Gasteiger partial charge in [0.25, 0.3) is 0 Å². The number of aromatic nitrogens is 3. The molecule has 0 spiro atoms. The number of hydrogen-bond acceptors (Lipinski definition) is 6. The first-order valence-corrected chi connectivity index (χ1v) is 9.20. The van der Waals surface area contributed by atoms with E-state index in [1.54, 1.807) is 16.8 Å². The summed E-state index contributed by atoms with van der Waals surface area (Å²) < 4.78 is 12.4. The summed E-state index contributed by atoms with van der Waals surface area (Å²) in [6.07, 6.45) is 1.70. The molecule has 2 aromatic carbocycles. The van der Waals surface area contributed by atoms with Crippen molar-refractivity contribution in [3.05, 3.63) is 83.2 Å². The standard InChI is InChI=1S/C21H22N4O3/c1-27-21(26)18-9-5-8-17(12-18)14-25-15-19(22-23-25)20-24(10-11-28-20)13-16-6-3-2-4-7-16/h2-9,12,15,20H,10-11,13-14H2,1H3. The molecular weight excluding hydrogens is 356 g/mol. The van der Waals surface area contributed by atoms with Gasteiger partial charge in [-0.3, -0.25) is 4.90 Å². The lowest BCUT2D eigenvalue weighted by molar-refractivity contribution is 0.0252. The summed E-state index contributed by atoms with van der Waals surface area (Å²) in [4.78, 5) is 14.0. The second-order valence-corrected chi connectivity index (χ2v) is 6.71. The molecule has 1 aliphatic heterocycles. The molecule has 1 unspecified atom stereocenters. The maximum absolute atomic E-state index is 11.7. The fourth-order valence-corrected chi connectivity index (χ4v) is 3.36. The predicted molar refractivity (Wildman–Crippen MR) is 102 cm³/mol. The molecule has 7 nitrogen and oxygen atoms in total. The van der Waals surface area contributed by atoms with Gasteiger partial charge in [0.2, 0.25) is 0 Å². The van der Waals surface area contributed by atoms with Crippen LogP contribution in [0.5, 0.6) is 0 Å². The molecule has 4 rings (SSSR count). The van der Waals surface area contributed by atoms with Crippen molar-refractivity contribution in [2.45, 2.75) is 19.3 Å². The Balaban J connectivity index is 1.46. The van der Waals surface area contributed by atoms with E-state index in [9.17, 15) is 4.79 Å². The zero-order valence-electron chi connectivity index (χ0n) is 15.7. The average molecular weight is 378 g/mol. The van der Waals surface area contributed by atoms with Crippen LogP contribution in [0.3, 0.4) is 0 Å². The predicted octanol–water partition coefficient (Wildman–Crippen LogP) is 2.64. The fourth-order valence-electron chi connectivity index (χ4n) is 3.36. The number of nitrogens with zero attached hydrogens (tertiary/aromatic N) is 4. The third kappa shape index (κ3) is 4.11. The highest BCUT2D eigenvalue weighted by molar-refractivity contribution is 5.89. The van der Waals surface area contributed by atoms with Gasteiger partial charge in [-0.1, -0.05) is 47.7 Å². The number of carbonyl (C=O) groups excluding carboxylic acids is 1. The van der Waals surface area contributed by atoms with Crippen LogP contribution >= 0.6 is 0 Å². The molecule has 3 aromatic rings. The van der Waals surface area contributed by atoms with Gasteiger partial charge < -0.3 is 9.47 Å². The highest BCUT2D eigenvalue weighted by Crippen LogP contribution is 2.27. The van der Waals surface area contributed by atoms with Crippen molar-refractivity contribution >= 4 is 5.97 Å². The summed E-state index contributed by atoms with van der Waals surface area (Å²) in [6.45, 7) is 2.85. The van der Waals surface area contributed by atoms with E-state index < -0.39 is 0 Å². The van der Waals surface area contributed by atoms with Gasteiger partial charge in [0.05, 0.1) is 32.0 Å². The average Bonchev–Trinajstić information content (AvgIpc) is 3.37. The number of esters is 1. The molecule has 1 saturated heterocycles. The number of rotatable bonds is 6. The van der Waals surface area contributed by atoms with E-state index in [0.29, 0.717) is 18.7 Å². The minimum Gasteiger partial charge on any atom is -0.465 e. The molecule has 28 heavy (non-hydrogen) atoms. The van der Waals surface area contributed by atoms with E-state index >= 15 is 0 Å². The summed E-state index contributed by atoms with van der Waals surface area (Å²) in [6, 6.07) is 17.6. The van der Waals surface area contributed by atoms with Crippen LogP contribution in [0.25, 0.3) is 0 Å². The van der Waals surface area contributed by atoms with Gasteiger partial charge in [0, 0.05) is 13.1 Å². The van der Waals surface area contributed by atoms with Gasteiger partial charge in [0.15, 0.2) is 6.23 Å². The summed E-state index contributed by atoms with van der Waals surface area (Å²) in [5, 5.41) is 8.55. The molecule has 2 heterocycles. The molecule has 0 saturated carbocycles. The van der Waals surface area contributed by atoms with E-state index in [1.165, 1.54) is 12.7 Å². The maximum Gasteiger partial charge on any atom is 0.337 e. The number of carbonyl (C=O) groups is 1. The third-order valence-electron chi connectivity index (χ3n) is 4.72. The van der Waals surface area contributed by atoms with Gasteiger partial charge in [-0.05, 0) is 23.3 Å². The van der Waals surface area contributed by atoms with Gasteiger partial charge in [-0.2, -0.15) is 0 Å². The highest BCUT2D eigenvalue weighted by Gasteiger charge is 2.29. The lowest BCUT2D eigenvalue weighted by Gasteiger charge is -2.20. The Bertz CT molecular complexity index is 942. The topological polar surface area (TPSA) is 69.5 Å². The molecule has 1 aromatic heterocycles. The van der Waals surface area contributed by atoms with Crippen molar-refractivity contribution in [1.29, 1.82) is 0 Å². The summed E-state index contributed by atoms with van der Waals surface area (Å²) in [5.74, 6) is -0.350. The van der Waals surface area contributed by atoms with Gasteiger partial charge in [-0.15, -0.1) is 5.10 Å². The van der Waals surface area contributed by atoms with Crippen LogP contribution in [0.1, 0.15) is 33.4 Å². The lowest BCUT2D eigenvalue weighted by Crippen LogP contribution is -2.23. The van der Waals surface area contributed by atoms with Crippen molar-refractivity contribution in [2.75, 3.05) is 20.3 Å². The Morgan fingerprint density at radius 2 is 1.96 bits per heavy atom. The molecule has 0 radical (unpaired) electrons. The lowest BCUT2D eigenvalue weighted by atomic mass is 10.1. The molecule has 1 atom stereocenters. The summed E-state index contributed by atoms with van der Waals surface area (Å²) in [7, 11) is 1.38. The van der Waals surface area contributed by atoms with Crippen molar-refractivity contribution in [3.8, 4) is 0 Å². The van der Waals surface area contributed by atoms with Crippen LogP contribution in [0.2, 0.25) is 0 Å². The monoisotopic (exact) mass is 378 g/mol. The Labute approximate surface area is 163 Å². The quantitative estimate of drug-likeness (QED) is 0.614. The van der Waals surface area contributed by atoms with E-state index in [1.807, 2.05) is 36.5 Å². The van der Waals surface area contributed by atoms with E-state index in [2.05, 4.69) is 27.3 Å². The number of benzene rings is 2. The number of ether oxygens (including phenoxy) is 2. The van der Waals surface area contributed by atoms with Crippen LogP contribution in [-0.2, 0) is 22.6 Å². The minimum atomic E-state index is -0.350. The first kappa shape index (κ1) is 18.3. The Morgan fingerprint density at radius 3 is 2.79 bits per heavy atom. The molecule has 144 valence electrons. The second kappa shape index (κ2) is 8.33. The molecule has 0 amide bonds.